The van der Waals surface area contributed by atoms with Gasteiger partial charge in [0.15, 0.2) is 0 Å². The van der Waals surface area contributed by atoms with Crippen molar-refractivity contribution < 1.29 is 4.79 Å². The highest BCUT2D eigenvalue weighted by molar-refractivity contribution is 5.85. The van der Waals surface area contributed by atoms with Gasteiger partial charge in [-0.25, -0.2) is 4.98 Å². The molecule has 2 bridgehead atoms. The third-order valence-electron chi connectivity index (χ3n) is 6.74. The van der Waals surface area contributed by atoms with Crippen LogP contribution in [-0.4, -0.2) is 30.0 Å². The third-order valence-corrected chi connectivity index (χ3v) is 6.74. The smallest absolute Gasteiger partial charge is 0.223 e. The van der Waals surface area contributed by atoms with Crippen LogP contribution in [0.1, 0.15) is 56.9 Å². The number of aromatic nitrogens is 1. The summed E-state index contributed by atoms with van der Waals surface area (Å²) in [6.07, 6.45) is 11.4. The summed E-state index contributed by atoms with van der Waals surface area (Å²) in [6.45, 7) is 2.79. The van der Waals surface area contributed by atoms with E-state index >= 15 is 0 Å². The van der Waals surface area contributed by atoms with Crippen molar-refractivity contribution in [1.29, 1.82) is 0 Å². The van der Waals surface area contributed by atoms with E-state index in [4.69, 9.17) is 5.73 Å². The molecular formula is C21H34Cl2N4O. The van der Waals surface area contributed by atoms with Gasteiger partial charge in [0.1, 0.15) is 5.82 Å². The van der Waals surface area contributed by atoms with Crippen LogP contribution >= 0.6 is 24.8 Å². The Morgan fingerprint density at radius 3 is 2.36 bits per heavy atom. The lowest BCUT2D eigenvalue weighted by molar-refractivity contribution is -0.128. The van der Waals surface area contributed by atoms with Gasteiger partial charge in [-0.2, -0.15) is 0 Å². The second kappa shape index (κ2) is 10.7. The summed E-state index contributed by atoms with van der Waals surface area (Å²) in [6, 6.07) is 4.51. The van der Waals surface area contributed by atoms with Crippen LogP contribution in [0.25, 0.3) is 0 Å². The predicted octanol–water partition coefficient (Wildman–Crippen LogP) is 3.69. The number of carbonyl (C=O) groups is 1. The van der Waals surface area contributed by atoms with Gasteiger partial charge in [-0.15, -0.1) is 24.8 Å². The van der Waals surface area contributed by atoms with Crippen LogP contribution in [-0.2, 0) is 11.3 Å². The molecule has 0 spiro atoms. The predicted molar refractivity (Wildman–Crippen MR) is 118 cm³/mol. The molecule has 28 heavy (non-hydrogen) atoms. The van der Waals surface area contributed by atoms with E-state index in [1.807, 2.05) is 6.20 Å². The van der Waals surface area contributed by atoms with E-state index in [1.54, 1.807) is 0 Å². The van der Waals surface area contributed by atoms with Gasteiger partial charge in [-0.1, -0.05) is 12.5 Å². The second-order valence-corrected chi connectivity index (χ2v) is 8.49. The van der Waals surface area contributed by atoms with Crippen LogP contribution in [0.15, 0.2) is 18.3 Å². The number of halogens is 2. The molecular weight excluding hydrogens is 395 g/mol. The van der Waals surface area contributed by atoms with Crippen molar-refractivity contribution in [3.05, 3.63) is 23.9 Å². The van der Waals surface area contributed by atoms with Gasteiger partial charge in [0, 0.05) is 37.8 Å². The lowest BCUT2D eigenvalue weighted by Gasteiger charge is -2.43. The van der Waals surface area contributed by atoms with Crippen molar-refractivity contribution in [2.45, 2.75) is 64.0 Å². The first kappa shape index (κ1) is 23.2. The highest BCUT2D eigenvalue weighted by Gasteiger charge is 2.40. The van der Waals surface area contributed by atoms with Crippen molar-refractivity contribution in [3.63, 3.8) is 0 Å². The van der Waals surface area contributed by atoms with Crippen LogP contribution < -0.4 is 16.0 Å². The molecule has 3 fully saturated rings. The number of fused-ring (bicyclic) bond motifs is 2. The van der Waals surface area contributed by atoms with Crippen molar-refractivity contribution in [1.82, 2.24) is 10.3 Å². The molecule has 2 aliphatic carbocycles. The summed E-state index contributed by atoms with van der Waals surface area (Å²) in [4.78, 5) is 19.6. The summed E-state index contributed by atoms with van der Waals surface area (Å²) >= 11 is 0. The second-order valence-electron chi connectivity index (χ2n) is 8.49. The first-order chi connectivity index (χ1) is 12.7. The molecule has 1 aromatic heterocycles. The number of amides is 1. The Morgan fingerprint density at radius 1 is 1.07 bits per heavy atom. The number of hydrogen-bond acceptors (Lipinski definition) is 4. The van der Waals surface area contributed by atoms with Crippen LogP contribution in [0, 0.1) is 17.8 Å². The molecule has 1 aliphatic heterocycles. The summed E-state index contributed by atoms with van der Waals surface area (Å²) < 4.78 is 0. The molecule has 1 saturated heterocycles. The zero-order valence-electron chi connectivity index (χ0n) is 16.5. The maximum atomic E-state index is 12.6. The number of pyridine rings is 1. The van der Waals surface area contributed by atoms with Gasteiger partial charge in [-0.05, 0) is 68.4 Å². The van der Waals surface area contributed by atoms with Crippen LogP contribution in [0.5, 0.6) is 0 Å². The number of nitrogens with two attached hydrogens (primary N) is 1. The first-order valence-electron chi connectivity index (χ1n) is 10.4. The minimum absolute atomic E-state index is 0. The van der Waals surface area contributed by atoms with Crippen molar-refractivity contribution in [2.75, 3.05) is 18.0 Å². The lowest BCUT2D eigenvalue weighted by Crippen LogP contribution is -2.49. The molecule has 4 rings (SSSR count). The topological polar surface area (TPSA) is 71.2 Å². The summed E-state index contributed by atoms with van der Waals surface area (Å²) in [5.41, 5.74) is 7.42. The molecule has 2 atom stereocenters. The Balaban J connectivity index is 0.00000140. The number of hydrogen-bond donors (Lipinski definition) is 2. The zero-order valence-corrected chi connectivity index (χ0v) is 18.1. The molecule has 5 nitrogen and oxygen atoms in total. The average molecular weight is 429 g/mol. The molecule has 2 unspecified atom stereocenters. The van der Waals surface area contributed by atoms with E-state index in [0.29, 0.717) is 24.4 Å². The number of carbonyl (C=O) groups excluding carboxylic acids is 1. The minimum Gasteiger partial charge on any atom is -0.357 e. The molecule has 2 saturated carbocycles. The Bertz CT molecular complexity index is 607. The molecule has 3 N–H and O–H groups in total. The molecule has 3 aliphatic rings. The number of piperidine rings is 1. The highest BCUT2D eigenvalue weighted by Crippen LogP contribution is 2.41. The minimum atomic E-state index is 0. The van der Waals surface area contributed by atoms with Crippen molar-refractivity contribution >= 4 is 36.5 Å². The van der Waals surface area contributed by atoms with Crippen LogP contribution in [0.4, 0.5) is 5.82 Å². The quantitative estimate of drug-likeness (QED) is 0.766. The molecule has 158 valence electrons. The van der Waals surface area contributed by atoms with Crippen LogP contribution in [0.3, 0.4) is 0 Å². The number of anilines is 1. The molecule has 1 amide bonds. The van der Waals surface area contributed by atoms with E-state index in [0.717, 1.165) is 37.3 Å². The molecule has 1 aromatic rings. The van der Waals surface area contributed by atoms with E-state index in [9.17, 15) is 4.79 Å². The normalized spacial score (nSPS) is 29.2. The van der Waals surface area contributed by atoms with Crippen molar-refractivity contribution in [2.24, 2.45) is 23.5 Å². The molecule has 0 aromatic carbocycles. The standard InChI is InChI=1S/C21H32N4O.2ClH/c22-20-16-5-4-6-17(20)12-18(11-16)21(26)24-14-15-7-8-19(23-13-15)25-9-2-1-3-10-25;;/h7-8,13,16-18,20H,1-6,9-12,14,22H2,(H,24,26);2*1H. The first-order valence-corrected chi connectivity index (χ1v) is 10.4. The number of nitrogens with zero attached hydrogens (tertiary/aromatic N) is 2. The molecule has 2 heterocycles. The fourth-order valence-electron chi connectivity index (χ4n) is 5.17. The Kier molecular flexibility index (Phi) is 8.84. The Morgan fingerprint density at radius 2 is 1.75 bits per heavy atom. The summed E-state index contributed by atoms with van der Waals surface area (Å²) in [7, 11) is 0. The summed E-state index contributed by atoms with van der Waals surface area (Å²) in [5.74, 6) is 2.50. The lowest BCUT2D eigenvalue weighted by atomic mass is 9.65. The van der Waals surface area contributed by atoms with E-state index in [1.165, 1.54) is 38.5 Å². The number of nitrogens with one attached hydrogen (secondary N) is 1. The fraction of sp³-hybridized carbons (Fsp3) is 0.714. The number of rotatable bonds is 4. The van der Waals surface area contributed by atoms with E-state index in [2.05, 4.69) is 27.3 Å². The Labute approximate surface area is 181 Å². The highest BCUT2D eigenvalue weighted by atomic mass is 35.5. The largest absolute Gasteiger partial charge is 0.357 e. The van der Waals surface area contributed by atoms with Gasteiger partial charge < -0.3 is 16.0 Å². The van der Waals surface area contributed by atoms with Gasteiger partial charge in [0.25, 0.3) is 0 Å². The van der Waals surface area contributed by atoms with E-state index in [-0.39, 0.29) is 36.6 Å². The molecule has 0 radical (unpaired) electrons. The van der Waals surface area contributed by atoms with Gasteiger partial charge in [0.2, 0.25) is 5.91 Å². The third kappa shape index (κ3) is 5.31. The maximum Gasteiger partial charge on any atom is 0.223 e. The summed E-state index contributed by atoms with van der Waals surface area (Å²) in [5, 5.41) is 3.14. The average Bonchev–Trinajstić information content (AvgIpc) is 2.67. The zero-order chi connectivity index (χ0) is 17.9. The monoisotopic (exact) mass is 428 g/mol. The van der Waals surface area contributed by atoms with Gasteiger partial charge in [0.05, 0.1) is 0 Å². The SMILES string of the molecule is Cl.Cl.NC1C2CCCC1CC(C(=O)NCc1ccc(N3CCCCC3)nc1)C2. The maximum absolute atomic E-state index is 12.6. The van der Waals surface area contributed by atoms with Crippen LogP contribution in [0.2, 0.25) is 0 Å². The van der Waals surface area contributed by atoms with Gasteiger partial charge >= 0.3 is 0 Å². The Hall–Kier alpha value is -1.04. The van der Waals surface area contributed by atoms with Crippen molar-refractivity contribution in [3.8, 4) is 0 Å². The fourth-order valence-corrected chi connectivity index (χ4v) is 5.17. The molecule has 7 heteroatoms. The van der Waals surface area contributed by atoms with E-state index < -0.39 is 0 Å². The van der Waals surface area contributed by atoms with Gasteiger partial charge in [-0.3, -0.25) is 4.79 Å².